The second kappa shape index (κ2) is 4.35. The summed E-state index contributed by atoms with van der Waals surface area (Å²) < 4.78 is 5.00. The average molecular weight is 219 g/mol. The Bertz CT molecular complexity index is 440. The van der Waals surface area contributed by atoms with E-state index in [1.165, 1.54) is 6.92 Å². The molecule has 0 unspecified atom stereocenters. The maximum Gasteiger partial charge on any atom is 0.308 e. The zero-order valence-electron chi connectivity index (χ0n) is 9.08. The normalized spacial score (nSPS) is 14.7. The van der Waals surface area contributed by atoms with E-state index in [2.05, 4.69) is 5.32 Å². The Kier molecular flexibility index (Phi) is 2.90. The summed E-state index contributed by atoms with van der Waals surface area (Å²) in [5.41, 5.74) is 1.84. The third-order valence-corrected chi connectivity index (χ3v) is 2.46. The van der Waals surface area contributed by atoms with Crippen molar-refractivity contribution in [1.82, 2.24) is 0 Å². The average Bonchev–Trinajstić information content (AvgIpc) is 2.37. The van der Waals surface area contributed by atoms with Gasteiger partial charge in [-0.25, -0.2) is 0 Å². The quantitative estimate of drug-likeness (QED) is 0.579. The summed E-state index contributed by atoms with van der Waals surface area (Å²) in [6, 6.07) is 5.27. The number of hydrogen-bond acceptors (Lipinski definition) is 3. The number of nitrogens with one attached hydrogen (secondary N) is 1. The van der Waals surface area contributed by atoms with E-state index < -0.39 is 0 Å². The number of carbonyl (C=O) groups excluding carboxylic acids is 2. The molecule has 84 valence electrons. The molecule has 0 fully saturated rings. The molecule has 1 heterocycles. The standard InChI is InChI=1S/C12H13NO3/c1-8(14)16-10-5-6-11-9(7-10)3-2-4-12(15)13-11/h5-7H,2-4H2,1H3,(H,13,15). The monoisotopic (exact) mass is 219 g/mol. The molecule has 1 aromatic rings. The van der Waals surface area contributed by atoms with Crippen LogP contribution in [0.5, 0.6) is 5.75 Å². The number of fused-ring (bicyclic) bond motifs is 1. The molecule has 16 heavy (non-hydrogen) atoms. The van der Waals surface area contributed by atoms with Crippen LogP contribution in [0.2, 0.25) is 0 Å². The SMILES string of the molecule is CC(=O)Oc1ccc2c(c1)CCCC(=O)N2. The summed E-state index contributed by atoms with van der Waals surface area (Å²) >= 11 is 0. The molecule has 0 atom stereocenters. The van der Waals surface area contributed by atoms with Gasteiger partial charge < -0.3 is 10.1 Å². The molecule has 2 rings (SSSR count). The molecule has 0 saturated heterocycles. The molecule has 4 nitrogen and oxygen atoms in total. The lowest BCUT2D eigenvalue weighted by molar-refractivity contribution is -0.131. The highest BCUT2D eigenvalue weighted by atomic mass is 16.5. The largest absolute Gasteiger partial charge is 0.427 e. The topological polar surface area (TPSA) is 55.4 Å². The molecule has 0 bridgehead atoms. The number of amides is 1. The van der Waals surface area contributed by atoms with Crippen LogP contribution in [-0.4, -0.2) is 11.9 Å². The number of rotatable bonds is 1. The Hall–Kier alpha value is -1.84. The van der Waals surface area contributed by atoms with Crippen LogP contribution >= 0.6 is 0 Å². The van der Waals surface area contributed by atoms with Gasteiger partial charge in [0.1, 0.15) is 5.75 Å². The van der Waals surface area contributed by atoms with Gasteiger partial charge in [-0.1, -0.05) is 0 Å². The van der Waals surface area contributed by atoms with Gasteiger partial charge in [0.05, 0.1) is 0 Å². The van der Waals surface area contributed by atoms with Crippen LogP contribution in [-0.2, 0) is 16.0 Å². The van der Waals surface area contributed by atoms with Crippen molar-refractivity contribution < 1.29 is 14.3 Å². The summed E-state index contributed by atoms with van der Waals surface area (Å²) in [6.07, 6.45) is 2.18. The van der Waals surface area contributed by atoms with Crippen LogP contribution in [0.15, 0.2) is 18.2 Å². The van der Waals surface area contributed by atoms with Gasteiger partial charge in [-0.05, 0) is 36.6 Å². The predicted molar refractivity (Wildman–Crippen MR) is 59.3 cm³/mol. The number of aryl methyl sites for hydroxylation is 1. The van der Waals surface area contributed by atoms with Crippen molar-refractivity contribution in [3.05, 3.63) is 23.8 Å². The van der Waals surface area contributed by atoms with Crippen molar-refractivity contribution in [1.29, 1.82) is 0 Å². The van der Waals surface area contributed by atoms with E-state index >= 15 is 0 Å². The second-order valence-corrected chi connectivity index (χ2v) is 3.81. The van der Waals surface area contributed by atoms with Gasteiger partial charge in [-0.2, -0.15) is 0 Å². The second-order valence-electron chi connectivity index (χ2n) is 3.81. The Morgan fingerprint density at radius 1 is 1.38 bits per heavy atom. The lowest BCUT2D eigenvalue weighted by atomic mass is 10.1. The highest BCUT2D eigenvalue weighted by Crippen LogP contribution is 2.26. The Morgan fingerprint density at radius 3 is 2.94 bits per heavy atom. The molecule has 1 aliphatic rings. The smallest absolute Gasteiger partial charge is 0.308 e. The lowest BCUT2D eigenvalue weighted by Crippen LogP contribution is -2.09. The van der Waals surface area contributed by atoms with Gasteiger partial charge in [-0.15, -0.1) is 0 Å². The number of ether oxygens (including phenoxy) is 1. The van der Waals surface area contributed by atoms with E-state index in [1.807, 2.05) is 6.07 Å². The zero-order valence-corrected chi connectivity index (χ0v) is 9.08. The fourth-order valence-corrected chi connectivity index (χ4v) is 1.78. The molecule has 0 aromatic heterocycles. The lowest BCUT2D eigenvalue weighted by Gasteiger charge is -2.08. The van der Waals surface area contributed by atoms with Crippen LogP contribution in [0.25, 0.3) is 0 Å². The molecule has 1 amide bonds. The van der Waals surface area contributed by atoms with Crippen molar-refractivity contribution in [2.75, 3.05) is 5.32 Å². The Morgan fingerprint density at radius 2 is 2.19 bits per heavy atom. The molecule has 4 heteroatoms. The highest BCUT2D eigenvalue weighted by Gasteiger charge is 2.13. The number of hydrogen-bond donors (Lipinski definition) is 1. The van der Waals surface area contributed by atoms with Gasteiger partial charge >= 0.3 is 5.97 Å². The fourth-order valence-electron chi connectivity index (χ4n) is 1.78. The van der Waals surface area contributed by atoms with Crippen LogP contribution < -0.4 is 10.1 Å². The molecule has 1 aromatic carbocycles. The first-order chi connectivity index (χ1) is 7.65. The summed E-state index contributed by atoms with van der Waals surface area (Å²) in [6.45, 7) is 1.37. The van der Waals surface area contributed by atoms with Crippen molar-refractivity contribution in [2.24, 2.45) is 0 Å². The van der Waals surface area contributed by atoms with Gasteiger partial charge in [0.25, 0.3) is 0 Å². The van der Waals surface area contributed by atoms with Crippen LogP contribution in [0.3, 0.4) is 0 Å². The summed E-state index contributed by atoms with van der Waals surface area (Å²) in [4.78, 5) is 22.1. The van der Waals surface area contributed by atoms with Crippen molar-refractivity contribution in [3.8, 4) is 5.75 Å². The summed E-state index contributed by atoms with van der Waals surface area (Å²) in [5.74, 6) is 0.235. The molecular weight excluding hydrogens is 206 g/mol. The molecule has 0 saturated carbocycles. The molecular formula is C12H13NO3. The van der Waals surface area contributed by atoms with E-state index in [1.54, 1.807) is 12.1 Å². The van der Waals surface area contributed by atoms with Crippen LogP contribution in [0.4, 0.5) is 5.69 Å². The summed E-state index contributed by atoms with van der Waals surface area (Å²) in [5, 5.41) is 2.82. The van der Waals surface area contributed by atoms with Crippen molar-refractivity contribution in [3.63, 3.8) is 0 Å². The first-order valence-electron chi connectivity index (χ1n) is 5.26. The summed E-state index contributed by atoms with van der Waals surface area (Å²) in [7, 11) is 0. The van der Waals surface area contributed by atoms with E-state index in [0.717, 1.165) is 24.1 Å². The van der Waals surface area contributed by atoms with Crippen molar-refractivity contribution >= 4 is 17.6 Å². The van der Waals surface area contributed by atoms with Crippen LogP contribution in [0.1, 0.15) is 25.3 Å². The molecule has 0 spiro atoms. The van der Waals surface area contributed by atoms with Crippen LogP contribution in [0, 0.1) is 0 Å². The van der Waals surface area contributed by atoms with Gasteiger partial charge in [0.15, 0.2) is 0 Å². The Labute approximate surface area is 93.6 Å². The third kappa shape index (κ3) is 2.39. The number of carbonyl (C=O) groups is 2. The minimum Gasteiger partial charge on any atom is -0.427 e. The first kappa shape index (κ1) is 10.7. The first-order valence-corrected chi connectivity index (χ1v) is 5.26. The number of benzene rings is 1. The van der Waals surface area contributed by atoms with Gasteiger partial charge in [0.2, 0.25) is 5.91 Å². The van der Waals surface area contributed by atoms with E-state index in [4.69, 9.17) is 4.74 Å². The molecule has 0 aliphatic carbocycles. The maximum atomic E-state index is 11.3. The molecule has 1 N–H and O–H groups in total. The van der Waals surface area contributed by atoms with E-state index in [-0.39, 0.29) is 11.9 Å². The maximum absolute atomic E-state index is 11.3. The van der Waals surface area contributed by atoms with Crippen molar-refractivity contribution in [2.45, 2.75) is 26.2 Å². The molecule has 1 aliphatic heterocycles. The fraction of sp³-hybridized carbons (Fsp3) is 0.333. The number of anilines is 1. The van der Waals surface area contributed by atoms with Gasteiger partial charge in [0, 0.05) is 19.0 Å². The number of esters is 1. The minimum absolute atomic E-state index is 0.0407. The zero-order chi connectivity index (χ0) is 11.5. The molecule has 0 radical (unpaired) electrons. The van der Waals surface area contributed by atoms with E-state index in [9.17, 15) is 9.59 Å². The predicted octanol–water partition coefficient (Wildman–Crippen LogP) is 1.89. The highest BCUT2D eigenvalue weighted by molar-refractivity contribution is 5.92. The van der Waals surface area contributed by atoms with Gasteiger partial charge in [-0.3, -0.25) is 9.59 Å². The van der Waals surface area contributed by atoms with E-state index in [0.29, 0.717) is 12.2 Å². The third-order valence-electron chi connectivity index (χ3n) is 2.46. The Balaban J connectivity index is 2.27. The minimum atomic E-state index is -0.336.